The summed E-state index contributed by atoms with van der Waals surface area (Å²) < 4.78 is 11.1. The number of rotatable bonds is 7. The maximum atomic E-state index is 12.4. The maximum Gasteiger partial charge on any atom is 0.242 e. The van der Waals surface area contributed by atoms with Gasteiger partial charge in [-0.05, 0) is 44.4 Å². The summed E-state index contributed by atoms with van der Waals surface area (Å²) in [6.45, 7) is 5.01. The quantitative estimate of drug-likeness (QED) is 0.800. The van der Waals surface area contributed by atoms with Crippen molar-refractivity contribution in [2.75, 3.05) is 18.5 Å². The molecule has 0 fully saturated rings. The normalized spacial score (nSPS) is 15.0. The number of aryl methyl sites for hydroxylation is 1. The van der Waals surface area contributed by atoms with E-state index in [1.54, 1.807) is 0 Å². The lowest BCUT2D eigenvalue weighted by Gasteiger charge is -2.22. The van der Waals surface area contributed by atoms with Gasteiger partial charge in [0.1, 0.15) is 19.3 Å². The third-order valence-electron chi connectivity index (χ3n) is 4.42. The van der Waals surface area contributed by atoms with Gasteiger partial charge in [-0.25, -0.2) is 0 Å². The highest BCUT2D eigenvalue weighted by Gasteiger charge is 2.17. The topological polar surface area (TPSA) is 59.6 Å². The van der Waals surface area contributed by atoms with Crippen molar-refractivity contribution in [3.8, 4) is 11.5 Å². The molecule has 2 atom stereocenters. The molecule has 5 heteroatoms. The van der Waals surface area contributed by atoms with Crippen molar-refractivity contribution in [2.45, 2.75) is 38.8 Å². The molecule has 0 bridgehead atoms. The zero-order chi connectivity index (χ0) is 18.4. The van der Waals surface area contributed by atoms with Gasteiger partial charge in [-0.15, -0.1) is 0 Å². The number of benzene rings is 2. The van der Waals surface area contributed by atoms with Gasteiger partial charge in [-0.3, -0.25) is 4.79 Å². The molecule has 1 aliphatic heterocycles. The Morgan fingerprint density at radius 1 is 1.04 bits per heavy atom. The summed E-state index contributed by atoms with van der Waals surface area (Å²) in [6, 6.07) is 15.7. The van der Waals surface area contributed by atoms with E-state index in [1.807, 2.05) is 50.2 Å². The van der Waals surface area contributed by atoms with Crippen molar-refractivity contribution in [1.29, 1.82) is 0 Å². The number of carbonyl (C=O) groups excluding carboxylic acids is 1. The maximum absolute atomic E-state index is 12.4. The Morgan fingerprint density at radius 3 is 2.54 bits per heavy atom. The molecule has 0 saturated heterocycles. The first kappa shape index (κ1) is 18.1. The average Bonchev–Trinajstić information content (AvgIpc) is 2.67. The van der Waals surface area contributed by atoms with Crippen molar-refractivity contribution in [2.24, 2.45) is 0 Å². The first-order valence-corrected chi connectivity index (χ1v) is 9.12. The molecule has 0 aromatic heterocycles. The number of hydrogen-bond donors (Lipinski definition) is 2. The number of hydrogen-bond acceptors (Lipinski definition) is 4. The number of ether oxygens (including phenoxy) is 2. The lowest BCUT2D eigenvalue weighted by atomic mass is 10.1. The molecule has 1 aliphatic rings. The molecule has 0 spiro atoms. The van der Waals surface area contributed by atoms with Gasteiger partial charge in [0.15, 0.2) is 11.5 Å². The summed E-state index contributed by atoms with van der Waals surface area (Å²) in [4.78, 5) is 12.4. The van der Waals surface area contributed by atoms with Crippen LogP contribution in [0.2, 0.25) is 0 Å². The van der Waals surface area contributed by atoms with Crippen LogP contribution in [0.1, 0.15) is 25.8 Å². The lowest BCUT2D eigenvalue weighted by Crippen LogP contribution is -2.42. The van der Waals surface area contributed by atoms with E-state index >= 15 is 0 Å². The molecule has 138 valence electrons. The molecule has 0 saturated carbocycles. The van der Waals surface area contributed by atoms with Crippen LogP contribution in [0.4, 0.5) is 5.69 Å². The van der Waals surface area contributed by atoms with Crippen molar-refractivity contribution in [3.63, 3.8) is 0 Å². The summed E-state index contributed by atoms with van der Waals surface area (Å²) in [5.41, 5.74) is 2.13. The van der Waals surface area contributed by atoms with E-state index in [0.29, 0.717) is 19.0 Å². The van der Waals surface area contributed by atoms with E-state index in [0.717, 1.165) is 24.3 Å². The Hall–Kier alpha value is -2.69. The molecule has 1 heterocycles. The van der Waals surface area contributed by atoms with Crippen LogP contribution in [0.25, 0.3) is 0 Å². The molecule has 0 unspecified atom stereocenters. The fourth-order valence-electron chi connectivity index (χ4n) is 2.92. The molecule has 2 N–H and O–H groups in total. The smallest absolute Gasteiger partial charge is 0.242 e. The second-order valence-electron chi connectivity index (χ2n) is 6.66. The predicted octanol–water partition coefficient (Wildman–Crippen LogP) is 3.40. The van der Waals surface area contributed by atoms with Gasteiger partial charge >= 0.3 is 0 Å². The minimum absolute atomic E-state index is 0.0135. The van der Waals surface area contributed by atoms with Crippen LogP contribution in [0.15, 0.2) is 48.5 Å². The van der Waals surface area contributed by atoms with Crippen molar-refractivity contribution in [1.82, 2.24) is 5.32 Å². The van der Waals surface area contributed by atoms with Crippen LogP contribution >= 0.6 is 0 Å². The standard InChI is InChI=1S/C21H26N2O3/c1-15(8-9-17-6-4-3-5-7-17)22-21(24)16(2)23-18-10-11-19-20(14-18)26-13-12-25-19/h3-7,10-11,14-16,23H,8-9,12-13H2,1-2H3,(H,22,24)/t15-,16+/m0/s1. The van der Waals surface area contributed by atoms with Gasteiger partial charge in [-0.2, -0.15) is 0 Å². The number of carbonyl (C=O) groups is 1. The Morgan fingerprint density at radius 2 is 1.77 bits per heavy atom. The van der Waals surface area contributed by atoms with Crippen LogP contribution in [0.3, 0.4) is 0 Å². The third kappa shape index (κ3) is 4.91. The largest absolute Gasteiger partial charge is 0.486 e. The van der Waals surface area contributed by atoms with Crippen molar-refractivity contribution >= 4 is 11.6 Å². The predicted molar refractivity (Wildman–Crippen MR) is 103 cm³/mol. The van der Waals surface area contributed by atoms with Gasteiger partial charge in [0.05, 0.1) is 0 Å². The van der Waals surface area contributed by atoms with Crippen LogP contribution in [-0.2, 0) is 11.2 Å². The Kier molecular flexibility index (Phi) is 6.00. The van der Waals surface area contributed by atoms with E-state index in [-0.39, 0.29) is 18.0 Å². The fraction of sp³-hybridized carbons (Fsp3) is 0.381. The van der Waals surface area contributed by atoms with Crippen LogP contribution in [0, 0.1) is 0 Å². The molecule has 1 amide bonds. The summed E-state index contributed by atoms with van der Waals surface area (Å²) in [6.07, 6.45) is 1.86. The molecule has 0 radical (unpaired) electrons. The first-order valence-electron chi connectivity index (χ1n) is 9.12. The highest BCUT2D eigenvalue weighted by Crippen LogP contribution is 2.32. The second kappa shape index (κ2) is 8.61. The van der Waals surface area contributed by atoms with E-state index < -0.39 is 0 Å². The van der Waals surface area contributed by atoms with E-state index in [9.17, 15) is 4.79 Å². The zero-order valence-electron chi connectivity index (χ0n) is 15.3. The van der Waals surface area contributed by atoms with Crippen LogP contribution in [0.5, 0.6) is 11.5 Å². The third-order valence-corrected chi connectivity index (χ3v) is 4.42. The fourth-order valence-corrected chi connectivity index (χ4v) is 2.92. The zero-order valence-corrected chi connectivity index (χ0v) is 15.3. The lowest BCUT2D eigenvalue weighted by molar-refractivity contribution is -0.122. The molecule has 5 nitrogen and oxygen atoms in total. The highest BCUT2D eigenvalue weighted by atomic mass is 16.6. The number of amides is 1. The number of fused-ring (bicyclic) bond motifs is 1. The molecule has 2 aromatic rings. The molecule has 3 rings (SSSR count). The van der Waals surface area contributed by atoms with Gasteiger partial charge in [0.2, 0.25) is 5.91 Å². The van der Waals surface area contributed by atoms with Gasteiger partial charge in [0.25, 0.3) is 0 Å². The summed E-state index contributed by atoms with van der Waals surface area (Å²) >= 11 is 0. The Bertz CT molecular complexity index is 733. The van der Waals surface area contributed by atoms with Crippen molar-refractivity contribution < 1.29 is 14.3 Å². The number of anilines is 1. The molecule has 2 aromatic carbocycles. The molecule has 26 heavy (non-hydrogen) atoms. The molecular weight excluding hydrogens is 328 g/mol. The second-order valence-corrected chi connectivity index (χ2v) is 6.66. The summed E-state index contributed by atoms with van der Waals surface area (Å²) in [7, 11) is 0. The highest BCUT2D eigenvalue weighted by molar-refractivity contribution is 5.84. The monoisotopic (exact) mass is 354 g/mol. The van der Waals surface area contributed by atoms with E-state index in [2.05, 4.69) is 22.8 Å². The van der Waals surface area contributed by atoms with Gasteiger partial charge in [-0.1, -0.05) is 30.3 Å². The van der Waals surface area contributed by atoms with E-state index in [1.165, 1.54) is 5.56 Å². The summed E-state index contributed by atoms with van der Waals surface area (Å²) in [5, 5.41) is 6.30. The van der Waals surface area contributed by atoms with Gasteiger partial charge in [0, 0.05) is 17.8 Å². The van der Waals surface area contributed by atoms with Crippen molar-refractivity contribution in [3.05, 3.63) is 54.1 Å². The first-order chi connectivity index (χ1) is 12.6. The summed E-state index contributed by atoms with van der Waals surface area (Å²) in [5.74, 6) is 1.44. The minimum atomic E-state index is -0.336. The van der Waals surface area contributed by atoms with E-state index in [4.69, 9.17) is 9.47 Å². The Labute approximate surface area is 154 Å². The van der Waals surface area contributed by atoms with Gasteiger partial charge < -0.3 is 20.1 Å². The number of nitrogens with one attached hydrogen (secondary N) is 2. The minimum Gasteiger partial charge on any atom is -0.486 e. The Balaban J connectivity index is 1.48. The SMILES string of the molecule is C[C@@H](CCc1ccccc1)NC(=O)[C@@H](C)Nc1ccc2c(c1)OCCO2. The van der Waals surface area contributed by atoms with Crippen LogP contribution in [-0.4, -0.2) is 31.2 Å². The molecule has 0 aliphatic carbocycles. The molecular formula is C21H26N2O3. The average molecular weight is 354 g/mol. The van der Waals surface area contributed by atoms with Crippen LogP contribution < -0.4 is 20.1 Å².